The molecule has 0 saturated heterocycles. The Morgan fingerprint density at radius 2 is 1.60 bits per heavy atom. The fourth-order valence-electron chi connectivity index (χ4n) is 0.712. The zero-order valence-corrected chi connectivity index (χ0v) is 6.13. The summed E-state index contributed by atoms with van der Waals surface area (Å²) in [4.78, 5) is 0. The minimum Gasteiger partial charge on any atom is -0.568 e. The summed E-state index contributed by atoms with van der Waals surface area (Å²) in [5.74, 6) is 1.70. The molecule has 0 unspecified atom stereocenters. The maximum atomic E-state index is 4.96. The van der Waals surface area contributed by atoms with E-state index in [0.717, 1.165) is 11.5 Å². The molecule has 1 aromatic rings. The average molecular weight is 136 g/mol. The molecule has 0 atom stereocenters. The van der Waals surface area contributed by atoms with Crippen molar-refractivity contribution in [2.75, 3.05) is 7.11 Å². The minimum absolute atomic E-state index is 0.848. The third-order valence-corrected chi connectivity index (χ3v) is 1.30. The van der Waals surface area contributed by atoms with E-state index < -0.39 is 0 Å². The van der Waals surface area contributed by atoms with E-state index in [2.05, 4.69) is 0 Å². The maximum Gasteiger partial charge on any atom is 0.322 e. The molecule has 3 heteroatoms. The Bertz CT molecular complexity index is 172. The number of hydrogen-bond donors (Lipinski definition) is 0. The van der Waals surface area contributed by atoms with Gasteiger partial charge in [0.25, 0.3) is 0 Å². The van der Waals surface area contributed by atoms with Crippen molar-refractivity contribution < 1.29 is 9.39 Å². The Kier molecular flexibility index (Phi) is 2.21. The quantitative estimate of drug-likeness (QED) is 0.555. The van der Waals surface area contributed by atoms with Crippen LogP contribution in [-0.4, -0.2) is 15.2 Å². The van der Waals surface area contributed by atoms with Gasteiger partial charge in [-0.05, 0) is 24.3 Å². The van der Waals surface area contributed by atoms with Crippen molar-refractivity contribution >= 4 is 8.05 Å². The first-order chi connectivity index (χ1) is 4.86. The smallest absolute Gasteiger partial charge is 0.322 e. The van der Waals surface area contributed by atoms with Gasteiger partial charge in [-0.25, -0.2) is 0 Å². The molecule has 0 saturated carbocycles. The lowest BCUT2D eigenvalue weighted by Crippen LogP contribution is -1.85. The van der Waals surface area contributed by atoms with Crippen molar-refractivity contribution in [3.8, 4) is 11.5 Å². The Morgan fingerprint density at radius 3 is 2.00 bits per heavy atom. The van der Waals surface area contributed by atoms with Crippen molar-refractivity contribution in [1.82, 2.24) is 0 Å². The monoisotopic (exact) mass is 136 g/mol. The standard InChI is InChI=1S/C7H9BO2/c1-9-6-2-4-7(10-8)5-3-6/h2-5H,8H2,1H3. The fourth-order valence-corrected chi connectivity index (χ4v) is 0.712. The summed E-state index contributed by atoms with van der Waals surface area (Å²) in [5, 5.41) is 0. The average Bonchev–Trinajstić information content (AvgIpc) is 2.05. The van der Waals surface area contributed by atoms with Gasteiger partial charge in [-0.15, -0.1) is 0 Å². The summed E-state index contributed by atoms with van der Waals surface area (Å²) in [6.45, 7) is 0. The van der Waals surface area contributed by atoms with Gasteiger partial charge < -0.3 is 9.39 Å². The molecule has 0 aliphatic rings. The van der Waals surface area contributed by atoms with E-state index in [1.54, 1.807) is 15.2 Å². The Hall–Kier alpha value is -1.12. The Labute approximate surface area is 61.2 Å². The van der Waals surface area contributed by atoms with Gasteiger partial charge in [0.05, 0.1) is 12.9 Å². The van der Waals surface area contributed by atoms with E-state index in [-0.39, 0.29) is 0 Å². The van der Waals surface area contributed by atoms with Crippen molar-refractivity contribution in [2.24, 2.45) is 0 Å². The molecule has 0 spiro atoms. The first-order valence-electron chi connectivity index (χ1n) is 3.05. The number of rotatable bonds is 2. The topological polar surface area (TPSA) is 18.5 Å². The summed E-state index contributed by atoms with van der Waals surface area (Å²) in [6.07, 6.45) is 0. The van der Waals surface area contributed by atoms with Crippen LogP contribution in [0.1, 0.15) is 0 Å². The van der Waals surface area contributed by atoms with Gasteiger partial charge in [0.1, 0.15) is 5.75 Å². The van der Waals surface area contributed by atoms with Gasteiger partial charge in [-0.2, -0.15) is 0 Å². The van der Waals surface area contributed by atoms with E-state index in [9.17, 15) is 0 Å². The maximum absolute atomic E-state index is 4.96. The molecule has 0 aliphatic carbocycles. The molecule has 0 heterocycles. The first kappa shape index (κ1) is 7.00. The van der Waals surface area contributed by atoms with Gasteiger partial charge in [-0.3, -0.25) is 0 Å². The second-order valence-corrected chi connectivity index (χ2v) is 1.88. The highest BCUT2D eigenvalue weighted by Gasteiger charge is 1.89. The molecule has 52 valence electrons. The molecule has 0 aliphatic heterocycles. The van der Waals surface area contributed by atoms with E-state index in [1.165, 1.54) is 0 Å². The normalized spacial score (nSPS) is 8.90. The van der Waals surface area contributed by atoms with Crippen molar-refractivity contribution in [1.29, 1.82) is 0 Å². The second-order valence-electron chi connectivity index (χ2n) is 1.88. The van der Waals surface area contributed by atoms with E-state index in [0.29, 0.717) is 0 Å². The SMILES string of the molecule is BOc1ccc(OC)cc1. The van der Waals surface area contributed by atoms with Crippen LogP contribution in [0.25, 0.3) is 0 Å². The molecule has 10 heavy (non-hydrogen) atoms. The fraction of sp³-hybridized carbons (Fsp3) is 0.143. The largest absolute Gasteiger partial charge is 0.568 e. The lowest BCUT2D eigenvalue weighted by molar-refractivity contribution is 0.414. The van der Waals surface area contributed by atoms with Crippen LogP contribution < -0.4 is 9.39 Å². The van der Waals surface area contributed by atoms with Crippen LogP contribution in [0, 0.1) is 0 Å². The van der Waals surface area contributed by atoms with E-state index in [1.807, 2.05) is 24.3 Å². The molecular formula is C7H9BO2. The summed E-state index contributed by atoms with van der Waals surface area (Å²) in [5.41, 5.74) is 0. The van der Waals surface area contributed by atoms with Crippen molar-refractivity contribution in [3.63, 3.8) is 0 Å². The summed E-state index contributed by atoms with van der Waals surface area (Å²) >= 11 is 0. The van der Waals surface area contributed by atoms with Gasteiger partial charge in [0, 0.05) is 0 Å². The number of hydrogen-bond acceptors (Lipinski definition) is 2. The zero-order chi connectivity index (χ0) is 7.40. The molecule has 0 bridgehead atoms. The highest BCUT2D eigenvalue weighted by atomic mass is 16.5. The van der Waals surface area contributed by atoms with Crippen LogP contribution in [0.4, 0.5) is 0 Å². The predicted molar refractivity (Wildman–Crippen MR) is 42.2 cm³/mol. The van der Waals surface area contributed by atoms with Crippen molar-refractivity contribution in [3.05, 3.63) is 24.3 Å². The lowest BCUT2D eigenvalue weighted by atomic mass is 10.3. The molecule has 0 aromatic heterocycles. The highest BCUT2D eigenvalue weighted by molar-refractivity contribution is 5.99. The number of methoxy groups -OCH3 is 1. The van der Waals surface area contributed by atoms with Gasteiger partial charge in [0.15, 0.2) is 0 Å². The molecular weight excluding hydrogens is 127 g/mol. The molecule has 0 radical (unpaired) electrons. The lowest BCUT2D eigenvalue weighted by Gasteiger charge is -2.01. The minimum atomic E-state index is 0.848. The molecule has 1 rings (SSSR count). The Morgan fingerprint density at radius 1 is 1.10 bits per heavy atom. The van der Waals surface area contributed by atoms with Gasteiger partial charge >= 0.3 is 8.05 Å². The molecule has 0 N–H and O–H groups in total. The van der Waals surface area contributed by atoms with Crippen molar-refractivity contribution in [2.45, 2.75) is 0 Å². The van der Waals surface area contributed by atoms with E-state index in [4.69, 9.17) is 9.39 Å². The molecule has 0 fully saturated rings. The highest BCUT2D eigenvalue weighted by Crippen LogP contribution is 2.15. The summed E-state index contributed by atoms with van der Waals surface area (Å²) in [6, 6.07) is 7.44. The van der Waals surface area contributed by atoms with E-state index >= 15 is 0 Å². The summed E-state index contributed by atoms with van der Waals surface area (Å²) < 4.78 is 9.92. The summed E-state index contributed by atoms with van der Waals surface area (Å²) in [7, 11) is 3.28. The second kappa shape index (κ2) is 3.15. The molecule has 0 amide bonds. The molecule has 1 aromatic carbocycles. The van der Waals surface area contributed by atoms with Gasteiger partial charge in [-0.1, -0.05) is 0 Å². The number of benzene rings is 1. The predicted octanol–water partition coefficient (Wildman–Crippen LogP) is 0.622. The zero-order valence-electron chi connectivity index (χ0n) is 6.13. The van der Waals surface area contributed by atoms with Crippen LogP contribution in [-0.2, 0) is 0 Å². The van der Waals surface area contributed by atoms with Crippen LogP contribution in [0.5, 0.6) is 11.5 Å². The molecule has 2 nitrogen and oxygen atoms in total. The van der Waals surface area contributed by atoms with Crippen LogP contribution >= 0.6 is 0 Å². The number of ether oxygens (including phenoxy) is 1. The van der Waals surface area contributed by atoms with Gasteiger partial charge in [0.2, 0.25) is 0 Å². The van der Waals surface area contributed by atoms with Crippen LogP contribution in [0.3, 0.4) is 0 Å². The van der Waals surface area contributed by atoms with Crippen LogP contribution in [0.15, 0.2) is 24.3 Å². The Balaban J connectivity index is 2.80. The first-order valence-corrected chi connectivity index (χ1v) is 3.05. The van der Waals surface area contributed by atoms with Crippen LogP contribution in [0.2, 0.25) is 0 Å². The third-order valence-electron chi connectivity index (χ3n) is 1.30. The third kappa shape index (κ3) is 1.44.